The number of carbonyl (C=O) groups excluding carboxylic acids is 2. The number of nitrogens with one attached hydrogen (secondary N) is 1. The molecule has 0 aromatic heterocycles. The molecule has 2 aromatic rings. The molecule has 0 saturated heterocycles. The van der Waals surface area contributed by atoms with Crippen LogP contribution >= 0.6 is 0 Å². The van der Waals surface area contributed by atoms with E-state index in [1.165, 1.54) is 31.2 Å². The number of hydrogen-bond donors (Lipinski definition) is 3. The van der Waals surface area contributed by atoms with Crippen molar-refractivity contribution >= 4 is 17.5 Å². The number of para-hydroxylation sites is 1. The van der Waals surface area contributed by atoms with E-state index in [4.69, 9.17) is 16.2 Å². The number of nitrogens with two attached hydrogens (primary N) is 2. The largest absolute Gasteiger partial charge is 0.490 e. The summed E-state index contributed by atoms with van der Waals surface area (Å²) in [6.07, 6.45) is 9.62. The fraction of sp³-hybridized carbons (Fsp3) is 0.500. The van der Waals surface area contributed by atoms with Gasteiger partial charge in [-0.25, -0.2) is 0 Å². The number of benzene rings is 2. The van der Waals surface area contributed by atoms with Gasteiger partial charge >= 0.3 is 0 Å². The first-order chi connectivity index (χ1) is 17.0. The van der Waals surface area contributed by atoms with Gasteiger partial charge in [-0.2, -0.15) is 0 Å². The van der Waals surface area contributed by atoms with Crippen molar-refractivity contribution < 1.29 is 14.3 Å². The first kappa shape index (κ1) is 26.5. The molecule has 0 aliphatic heterocycles. The van der Waals surface area contributed by atoms with Gasteiger partial charge < -0.3 is 21.5 Å². The van der Waals surface area contributed by atoms with Crippen LogP contribution in [0.1, 0.15) is 73.7 Å². The van der Waals surface area contributed by atoms with E-state index in [0.29, 0.717) is 31.4 Å². The molecule has 0 spiro atoms. The van der Waals surface area contributed by atoms with E-state index >= 15 is 0 Å². The predicted octanol–water partition coefficient (Wildman–Crippen LogP) is 4.26. The highest BCUT2D eigenvalue weighted by molar-refractivity contribution is 5.99. The van der Waals surface area contributed by atoms with Crippen LogP contribution in [0.4, 0.5) is 5.69 Å². The van der Waals surface area contributed by atoms with Crippen molar-refractivity contribution in [2.24, 2.45) is 5.73 Å². The molecule has 0 atom stereocenters. The second kappa shape index (κ2) is 14.4. The predicted molar refractivity (Wildman–Crippen MR) is 140 cm³/mol. The number of ether oxygens (including phenoxy) is 1. The molecule has 1 aliphatic carbocycles. The van der Waals surface area contributed by atoms with Gasteiger partial charge in [-0.1, -0.05) is 62.1 Å². The van der Waals surface area contributed by atoms with Crippen LogP contribution in [-0.2, 0) is 11.3 Å². The molecule has 5 N–H and O–H groups in total. The first-order valence-corrected chi connectivity index (χ1v) is 12.9. The van der Waals surface area contributed by atoms with E-state index < -0.39 is 5.91 Å². The van der Waals surface area contributed by atoms with Crippen LogP contribution < -0.4 is 21.5 Å². The fourth-order valence-electron chi connectivity index (χ4n) is 4.63. The molecule has 7 nitrogen and oxygen atoms in total. The van der Waals surface area contributed by atoms with Gasteiger partial charge in [0, 0.05) is 25.6 Å². The minimum atomic E-state index is -0.568. The van der Waals surface area contributed by atoms with Crippen molar-refractivity contribution in [2.45, 2.75) is 70.4 Å². The second-order valence-corrected chi connectivity index (χ2v) is 9.40. The van der Waals surface area contributed by atoms with Gasteiger partial charge in [-0.15, -0.1) is 0 Å². The van der Waals surface area contributed by atoms with Crippen LogP contribution in [-0.4, -0.2) is 42.5 Å². The van der Waals surface area contributed by atoms with Gasteiger partial charge in [-0.05, 0) is 49.9 Å². The lowest BCUT2D eigenvalue weighted by Crippen LogP contribution is -2.34. The third-order valence-corrected chi connectivity index (χ3v) is 6.59. The molecule has 1 saturated carbocycles. The summed E-state index contributed by atoms with van der Waals surface area (Å²) in [6, 6.07) is 15.7. The molecule has 2 aromatic carbocycles. The van der Waals surface area contributed by atoms with Crippen molar-refractivity contribution in [1.29, 1.82) is 0 Å². The third kappa shape index (κ3) is 9.25. The monoisotopic (exact) mass is 480 g/mol. The van der Waals surface area contributed by atoms with E-state index in [1.807, 2.05) is 18.2 Å². The summed E-state index contributed by atoms with van der Waals surface area (Å²) >= 11 is 0. The van der Waals surface area contributed by atoms with Gasteiger partial charge in [0.1, 0.15) is 12.4 Å². The maximum absolute atomic E-state index is 12.4. The Kier molecular flexibility index (Phi) is 10.9. The second-order valence-electron chi connectivity index (χ2n) is 9.40. The molecule has 3 rings (SSSR count). The molecule has 0 unspecified atom stereocenters. The zero-order valence-corrected chi connectivity index (χ0v) is 20.7. The molecule has 0 heterocycles. The summed E-state index contributed by atoms with van der Waals surface area (Å²) in [5.41, 5.74) is 13.2. The van der Waals surface area contributed by atoms with Crippen molar-refractivity contribution in [3.63, 3.8) is 0 Å². The summed E-state index contributed by atoms with van der Waals surface area (Å²) in [4.78, 5) is 26.3. The van der Waals surface area contributed by atoms with E-state index in [1.54, 1.807) is 18.2 Å². The first-order valence-electron chi connectivity index (χ1n) is 12.9. The molecule has 1 fully saturated rings. The third-order valence-electron chi connectivity index (χ3n) is 6.59. The van der Waals surface area contributed by atoms with Crippen LogP contribution in [0.15, 0.2) is 48.5 Å². The van der Waals surface area contributed by atoms with Crippen LogP contribution in [0.2, 0.25) is 0 Å². The van der Waals surface area contributed by atoms with Crippen molar-refractivity contribution in [2.75, 3.05) is 25.4 Å². The van der Waals surface area contributed by atoms with E-state index in [2.05, 4.69) is 22.3 Å². The van der Waals surface area contributed by atoms with Gasteiger partial charge in [-0.3, -0.25) is 14.5 Å². The highest BCUT2D eigenvalue weighted by Crippen LogP contribution is 2.25. The van der Waals surface area contributed by atoms with Gasteiger partial charge in [0.15, 0.2) is 0 Å². The van der Waals surface area contributed by atoms with Crippen molar-refractivity contribution in [1.82, 2.24) is 10.2 Å². The Morgan fingerprint density at radius 1 is 0.943 bits per heavy atom. The van der Waals surface area contributed by atoms with Crippen LogP contribution in [0.3, 0.4) is 0 Å². The Labute approximate surface area is 209 Å². The number of carbonyl (C=O) groups is 2. The number of primary amides is 1. The highest BCUT2D eigenvalue weighted by Gasteiger charge is 2.15. The zero-order valence-electron chi connectivity index (χ0n) is 20.7. The standard InChI is InChI=1S/C28H40N4O3/c29-27-24(28(30)34)15-10-16-25(27)35-20-19-32(21-22-11-4-3-5-12-22)18-9-8-17-26(33)31-23-13-6-1-2-7-14-23/h3-5,10-12,15-16,23H,1-2,6-9,13-14,17-21,29H2,(H2,30,34)(H,31,33). The maximum atomic E-state index is 12.4. The molecule has 190 valence electrons. The molecule has 7 heteroatoms. The molecule has 2 amide bonds. The van der Waals surface area contributed by atoms with E-state index in [0.717, 1.165) is 38.8 Å². The van der Waals surface area contributed by atoms with Gasteiger partial charge in [0.2, 0.25) is 5.91 Å². The molecular weight excluding hydrogens is 440 g/mol. The molecule has 0 bridgehead atoms. The number of rotatable bonds is 13. The quantitative estimate of drug-likeness (QED) is 0.225. The number of amides is 2. The zero-order chi connectivity index (χ0) is 24.9. The Morgan fingerprint density at radius 2 is 1.69 bits per heavy atom. The highest BCUT2D eigenvalue weighted by atomic mass is 16.5. The minimum absolute atomic E-state index is 0.180. The number of hydrogen-bond acceptors (Lipinski definition) is 5. The summed E-state index contributed by atoms with van der Waals surface area (Å²) in [5.74, 6) is 0.0810. The Hall–Kier alpha value is -3.06. The normalized spacial score (nSPS) is 14.4. The summed E-state index contributed by atoms with van der Waals surface area (Å²) in [5, 5.41) is 3.24. The lowest BCUT2D eigenvalue weighted by atomic mass is 10.1. The summed E-state index contributed by atoms with van der Waals surface area (Å²) < 4.78 is 5.90. The Balaban J connectivity index is 1.46. The Morgan fingerprint density at radius 3 is 2.40 bits per heavy atom. The van der Waals surface area contributed by atoms with Gasteiger partial charge in [0.25, 0.3) is 5.91 Å². The molecule has 1 aliphatic rings. The van der Waals surface area contributed by atoms with Crippen LogP contribution in [0.25, 0.3) is 0 Å². The maximum Gasteiger partial charge on any atom is 0.250 e. The average molecular weight is 481 g/mol. The average Bonchev–Trinajstić information content (AvgIpc) is 3.11. The van der Waals surface area contributed by atoms with E-state index in [-0.39, 0.29) is 17.2 Å². The van der Waals surface area contributed by atoms with Crippen molar-refractivity contribution in [3.8, 4) is 5.75 Å². The Bertz CT molecular complexity index is 927. The molecule has 0 radical (unpaired) electrons. The number of anilines is 1. The van der Waals surface area contributed by atoms with Crippen LogP contribution in [0, 0.1) is 0 Å². The lowest BCUT2D eigenvalue weighted by molar-refractivity contribution is -0.122. The smallest absolute Gasteiger partial charge is 0.250 e. The van der Waals surface area contributed by atoms with Crippen LogP contribution in [0.5, 0.6) is 5.75 Å². The number of unbranched alkanes of at least 4 members (excludes halogenated alkanes) is 1. The topological polar surface area (TPSA) is 111 Å². The summed E-state index contributed by atoms with van der Waals surface area (Å²) in [6.45, 7) is 2.80. The lowest BCUT2D eigenvalue weighted by Gasteiger charge is -2.23. The molecular formula is C28H40N4O3. The fourth-order valence-corrected chi connectivity index (χ4v) is 4.63. The molecule has 35 heavy (non-hydrogen) atoms. The van der Waals surface area contributed by atoms with Crippen molar-refractivity contribution in [3.05, 3.63) is 59.7 Å². The number of nitrogens with zero attached hydrogens (tertiary/aromatic N) is 1. The van der Waals surface area contributed by atoms with E-state index in [9.17, 15) is 9.59 Å². The van der Waals surface area contributed by atoms with Gasteiger partial charge in [0.05, 0.1) is 11.3 Å². The minimum Gasteiger partial charge on any atom is -0.490 e. The summed E-state index contributed by atoms with van der Waals surface area (Å²) in [7, 11) is 0. The SMILES string of the molecule is NC(=O)c1cccc(OCCN(CCCCC(=O)NC2CCCCCC2)Cc2ccccc2)c1N. The number of nitrogen functional groups attached to an aromatic ring is 1.